The van der Waals surface area contributed by atoms with E-state index < -0.39 is 31.4 Å². The number of ether oxygens (including phenoxy) is 3. The average Bonchev–Trinajstić information content (AvgIpc) is 3.89. The Labute approximate surface area is 334 Å². The summed E-state index contributed by atoms with van der Waals surface area (Å²) in [5, 5.41) is 12.2. The summed E-state index contributed by atoms with van der Waals surface area (Å²) < 4.78 is 67.3. The van der Waals surface area contributed by atoms with Crippen LogP contribution in [0, 0.1) is 23.1 Å². The van der Waals surface area contributed by atoms with Crippen LogP contribution in [0.2, 0.25) is 16.6 Å². The average molecular weight is 802 g/mol. The van der Waals surface area contributed by atoms with Crippen molar-refractivity contribution in [2.45, 2.75) is 115 Å². The third-order valence-electron chi connectivity index (χ3n) is 12.8. The maximum absolute atomic E-state index is 17.7. The van der Waals surface area contributed by atoms with E-state index in [1.54, 1.807) is 6.07 Å². The fourth-order valence-electron chi connectivity index (χ4n) is 9.95. The van der Waals surface area contributed by atoms with Crippen molar-refractivity contribution in [2.24, 2.45) is 0 Å². The van der Waals surface area contributed by atoms with Gasteiger partial charge in [-0.2, -0.15) is 9.97 Å². The third kappa shape index (κ3) is 7.31. The minimum atomic E-state index is -2.31. The molecule has 2 aromatic heterocycles. The molecule has 0 unspecified atom stereocenters. The maximum Gasteiger partial charge on any atom is 0.319 e. The summed E-state index contributed by atoms with van der Waals surface area (Å²) in [6.45, 7) is 16.6. The SMILES string of the molecule is CC(C)[Si](C#Cc1c(F)ccc2cc(O)cc(-c3nc(OC4CC4)c4c(N5CCCOCC5)nc(OC[C@@]56CCCN5C[C@H](F)C6)nc4c3F)c12)(C(C)C)C(C)C. The van der Waals surface area contributed by atoms with E-state index >= 15 is 8.78 Å². The number of anilines is 1. The standard InChI is InChI=1S/C44H54F3N5O4Si/c1-26(2)57(27(3)4,28(5)6)20-13-33-35(46)12-9-29-21-31(53)22-34(36(29)33)39-38(47)40-37(42(48-39)56-32-10-11-32)41(51-15-8-18-54-19-17-51)50-43(49-40)55-25-44-14-7-16-52(44)24-30(45)23-44/h9,12,21-22,26-28,30,32,53H,7-8,10-11,14-19,23-25H2,1-6H3/t30-,44+/m1/s1. The second-order valence-corrected chi connectivity index (χ2v) is 23.0. The zero-order chi connectivity index (χ0) is 40.2. The predicted molar refractivity (Wildman–Crippen MR) is 220 cm³/mol. The van der Waals surface area contributed by atoms with Gasteiger partial charge in [-0.15, -0.1) is 5.54 Å². The van der Waals surface area contributed by atoms with Gasteiger partial charge in [0.1, 0.15) is 60.9 Å². The van der Waals surface area contributed by atoms with Crippen molar-refractivity contribution in [2.75, 3.05) is 50.9 Å². The number of aromatic nitrogens is 3. The number of hydrogen-bond acceptors (Lipinski definition) is 9. The van der Waals surface area contributed by atoms with Gasteiger partial charge in [-0.1, -0.05) is 53.5 Å². The van der Waals surface area contributed by atoms with Crippen LogP contribution in [-0.2, 0) is 4.74 Å². The van der Waals surface area contributed by atoms with Gasteiger partial charge in [0.25, 0.3) is 0 Å². The first-order valence-electron chi connectivity index (χ1n) is 20.7. The van der Waals surface area contributed by atoms with Crippen molar-refractivity contribution in [1.29, 1.82) is 0 Å². The van der Waals surface area contributed by atoms with E-state index in [0.29, 0.717) is 77.9 Å². The number of halogens is 3. The number of hydrogen-bond donors (Lipinski definition) is 1. The summed E-state index contributed by atoms with van der Waals surface area (Å²) in [5.74, 6) is 2.40. The lowest BCUT2D eigenvalue weighted by Gasteiger charge is -2.38. The van der Waals surface area contributed by atoms with Crippen molar-refractivity contribution in [3.05, 3.63) is 41.5 Å². The van der Waals surface area contributed by atoms with Crippen molar-refractivity contribution >= 4 is 35.6 Å². The van der Waals surface area contributed by atoms with Crippen LogP contribution in [0.1, 0.15) is 85.6 Å². The number of phenolic OH excluding ortho intramolecular Hbond substituents is 1. The first-order chi connectivity index (χ1) is 27.3. The van der Waals surface area contributed by atoms with Crippen LogP contribution in [0.3, 0.4) is 0 Å². The molecule has 4 fully saturated rings. The molecule has 304 valence electrons. The molecule has 4 aromatic rings. The Bertz CT molecular complexity index is 2210. The van der Waals surface area contributed by atoms with Crippen molar-refractivity contribution in [3.63, 3.8) is 0 Å². The smallest absolute Gasteiger partial charge is 0.319 e. The predicted octanol–water partition coefficient (Wildman–Crippen LogP) is 9.12. The molecule has 8 rings (SSSR count). The first kappa shape index (κ1) is 39.7. The normalized spacial score (nSPS) is 21.8. The minimum Gasteiger partial charge on any atom is -0.508 e. The van der Waals surface area contributed by atoms with Gasteiger partial charge in [-0.05, 0) is 78.9 Å². The molecule has 2 aromatic carbocycles. The fraction of sp³-hybridized carbons (Fsp3) is 0.568. The maximum atomic E-state index is 17.7. The van der Waals surface area contributed by atoms with Gasteiger partial charge in [0.05, 0.1) is 17.7 Å². The molecule has 1 N–H and O–H groups in total. The second-order valence-electron chi connectivity index (χ2n) is 17.4. The number of pyridine rings is 1. The highest BCUT2D eigenvalue weighted by Crippen LogP contribution is 2.45. The lowest BCUT2D eigenvalue weighted by molar-refractivity contribution is 0.107. The molecule has 2 atom stereocenters. The molecule has 0 radical (unpaired) electrons. The number of phenols is 1. The van der Waals surface area contributed by atoms with Crippen molar-refractivity contribution in [1.82, 2.24) is 19.9 Å². The number of nitrogens with zero attached hydrogens (tertiary/aromatic N) is 5. The molecule has 57 heavy (non-hydrogen) atoms. The van der Waals surface area contributed by atoms with Crippen molar-refractivity contribution in [3.8, 4) is 40.4 Å². The zero-order valence-electron chi connectivity index (χ0n) is 33.9. The topological polar surface area (TPSA) is 93.1 Å². The minimum absolute atomic E-state index is 0.0321. The summed E-state index contributed by atoms with van der Waals surface area (Å²) >= 11 is 0. The van der Waals surface area contributed by atoms with E-state index in [9.17, 15) is 9.50 Å². The Morgan fingerprint density at radius 1 is 0.965 bits per heavy atom. The number of rotatable bonds is 10. The van der Waals surface area contributed by atoms with Gasteiger partial charge in [0.15, 0.2) is 5.82 Å². The first-order valence-corrected chi connectivity index (χ1v) is 23.0. The van der Waals surface area contributed by atoms with Crippen LogP contribution in [0.25, 0.3) is 32.9 Å². The molecule has 4 aliphatic rings. The number of alkyl halides is 1. The van der Waals surface area contributed by atoms with Crippen LogP contribution in [-0.4, -0.2) is 96.8 Å². The number of benzene rings is 2. The van der Waals surface area contributed by atoms with E-state index in [0.717, 1.165) is 38.6 Å². The highest BCUT2D eigenvalue weighted by Gasteiger charge is 2.49. The Hall–Kier alpha value is -4.12. The molecule has 1 saturated carbocycles. The van der Waals surface area contributed by atoms with Gasteiger partial charge < -0.3 is 24.2 Å². The Morgan fingerprint density at radius 3 is 2.47 bits per heavy atom. The van der Waals surface area contributed by atoms with Gasteiger partial charge in [-0.25, -0.2) is 18.2 Å². The lowest BCUT2D eigenvalue weighted by Crippen LogP contribution is -2.43. The van der Waals surface area contributed by atoms with E-state index in [2.05, 4.69) is 57.9 Å². The van der Waals surface area contributed by atoms with Crippen LogP contribution < -0.4 is 14.4 Å². The highest BCUT2D eigenvalue weighted by atomic mass is 28.3. The fourth-order valence-corrected chi connectivity index (χ4v) is 15.2. The molecular weight excluding hydrogens is 748 g/mol. The zero-order valence-corrected chi connectivity index (χ0v) is 34.9. The Balaban J connectivity index is 1.35. The van der Waals surface area contributed by atoms with Crippen LogP contribution >= 0.6 is 0 Å². The summed E-state index contributed by atoms with van der Waals surface area (Å²) in [7, 11) is -2.31. The highest BCUT2D eigenvalue weighted by molar-refractivity contribution is 6.90. The largest absolute Gasteiger partial charge is 0.508 e. The van der Waals surface area contributed by atoms with E-state index in [4.69, 9.17) is 29.2 Å². The molecule has 0 bridgehead atoms. The molecular formula is C44H54F3N5O4Si. The summed E-state index contributed by atoms with van der Waals surface area (Å²) in [6.07, 6.45) is 3.38. The molecule has 13 heteroatoms. The van der Waals surface area contributed by atoms with Crippen LogP contribution in [0.5, 0.6) is 17.6 Å². The van der Waals surface area contributed by atoms with E-state index in [1.165, 1.54) is 18.2 Å². The van der Waals surface area contributed by atoms with Gasteiger partial charge >= 0.3 is 6.01 Å². The third-order valence-corrected chi connectivity index (χ3v) is 19.1. The van der Waals surface area contributed by atoms with Crippen LogP contribution in [0.15, 0.2) is 24.3 Å². The summed E-state index contributed by atoms with van der Waals surface area (Å²) in [4.78, 5) is 18.7. The number of fused-ring (bicyclic) bond motifs is 3. The number of aromatic hydroxyl groups is 1. The summed E-state index contributed by atoms with van der Waals surface area (Å²) in [5.41, 5.74) is 4.16. The lowest BCUT2D eigenvalue weighted by atomic mass is 9.95. The molecule has 5 heterocycles. The molecule has 3 aliphatic heterocycles. The Kier molecular flexibility index (Phi) is 10.8. The molecule has 9 nitrogen and oxygen atoms in total. The molecule has 0 spiro atoms. The van der Waals surface area contributed by atoms with Gasteiger partial charge in [0, 0.05) is 43.6 Å². The van der Waals surface area contributed by atoms with Crippen molar-refractivity contribution < 1.29 is 32.5 Å². The van der Waals surface area contributed by atoms with Gasteiger partial charge in [0.2, 0.25) is 5.88 Å². The van der Waals surface area contributed by atoms with E-state index in [1.807, 2.05) is 4.90 Å². The Morgan fingerprint density at radius 2 is 1.74 bits per heavy atom. The quantitative estimate of drug-likeness (QED) is 0.125. The molecule has 1 aliphatic carbocycles. The molecule has 0 amide bonds. The summed E-state index contributed by atoms with van der Waals surface area (Å²) in [6, 6.07) is 5.83. The second kappa shape index (κ2) is 15.6. The van der Waals surface area contributed by atoms with E-state index in [-0.39, 0.29) is 52.7 Å². The van der Waals surface area contributed by atoms with Gasteiger partial charge in [-0.3, -0.25) is 4.90 Å². The van der Waals surface area contributed by atoms with Crippen LogP contribution in [0.4, 0.5) is 19.0 Å². The molecule has 3 saturated heterocycles. The monoisotopic (exact) mass is 801 g/mol.